The number of halogens is 1. The highest BCUT2D eigenvalue weighted by molar-refractivity contribution is 9.10. The van der Waals surface area contributed by atoms with Crippen LogP contribution in [0.25, 0.3) is 0 Å². The number of carbonyl (C=O) groups is 1. The maximum atomic E-state index is 11.5. The Bertz CT molecular complexity index is 638. The molecule has 0 bridgehead atoms. The molecule has 0 atom stereocenters. The summed E-state index contributed by atoms with van der Waals surface area (Å²) in [7, 11) is 0. The van der Waals surface area contributed by atoms with Crippen molar-refractivity contribution in [3.05, 3.63) is 36.7 Å². The minimum Gasteiger partial charge on any atom is -0.390 e. The molecule has 0 saturated heterocycles. The number of rotatable bonds is 4. The standard InChI is InChI=1S/C8H7BrN6O3S/c9-7-11-8(15(17)18)13-14(7)3-4-1-2-19-5(4)6(16)12-10/h1-2H,3,10H2,(H,12,16). The maximum absolute atomic E-state index is 11.5. The van der Waals surface area contributed by atoms with Crippen LogP contribution in [0, 0.1) is 10.1 Å². The molecule has 0 unspecified atom stereocenters. The minimum absolute atomic E-state index is 0.174. The van der Waals surface area contributed by atoms with Crippen LogP contribution in [0.3, 0.4) is 0 Å². The van der Waals surface area contributed by atoms with Gasteiger partial charge in [0.2, 0.25) is 0 Å². The van der Waals surface area contributed by atoms with Gasteiger partial charge in [-0.05, 0) is 26.9 Å². The van der Waals surface area contributed by atoms with E-state index in [1.54, 1.807) is 11.4 Å². The van der Waals surface area contributed by atoms with Crippen molar-refractivity contribution in [1.82, 2.24) is 20.2 Å². The summed E-state index contributed by atoms with van der Waals surface area (Å²) in [6, 6.07) is 1.72. The van der Waals surface area contributed by atoms with Gasteiger partial charge in [-0.2, -0.15) is 4.68 Å². The van der Waals surface area contributed by atoms with Crippen LogP contribution in [0.5, 0.6) is 0 Å². The lowest BCUT2D eigenvalue weighted by Crippen LogP contribution is -2.30. The Hall–Kier alpha value is -1.85. The predicted molar refractivity (Wildman–Crippen MR) is 69.5 cm³/mol. The number of hydrazine groups is 1. The predicted octanol–water partition coefficient (Wildman–Crippen LogP) is 0.662. The van der Waals surface area contributed by atoms with Crippen molar-refractivity contribution in [2.24, 2.45) is 5.84 Å². The molecule has 100 valence electrons. The van der Waals surface area contributed by atoms with Gasteiger partial charge in [-0.1, -0.05) is 0 Å². The first kappa shape index (κ1) is 13.6. The van der Waals surface area contributed by atoms with Gasteiger partial charge in [0, 0.05) is 21.0 Å². The van der Waals surface area contributed by atoms with Crippen molar-refractivity contribution in [3.63, 3.8) is 0 Å². The highest BCUT2D eigenvalue weighted by atomic mass is 79.9. The number of amides is 1. The monoisotopic (exact) mass is 346 g/mol. The van der Waals surface area contributed by atoms with Gasteiger partial charge in [-0.3, -0.25) is 10.2 Å². The normalized spacial score (nSPS) is 10.4. The summed E-state index contributed by atoms with van der Waals surface area (Å²) in [5.41, 5.74) is 2.68. The average molecular weight is 347 g/mol. The summed E-state index contributed by atoms with van der Waals surface area (Å²) in [6.07, 6.45) is 0. The first-order valence-electron chi connectivity index (χ1n) is 4.85. The second-order valence-corrected chi connectivity index (χ2v) is 4.97. The highest BCUT2D eigenvalue weighted by Gasteiger charge is 2.21. The highest BCUT2D eigenvalue weighted by Crippen LogP contribution is 2.20. The number of nitro groups is 1. The summed E-state index contributed by atoms with van der Waals surface area (Å²) < 4.78 is 1.50. The third-order valence-corrected chi connectivity index (χ3v) is 3.73. The molecule has 0 saturated carbocycles. The van der Waals surface area contributed by atoms with Crippen molar-refractivity contribution in [1.29, 1.82) is 0 Å². The molecule has 19 heavy (non-hydrogen) atoms. The molecule has 0 aliphatic carbocycles. The van der Waals surface area contributed by atoms with Crippen molar-refractivity contribution in [3.8, 4) is 0 Å². The van der Waals surface area contributed by atoms with Crippen LogP contribution in [-0.4, -0.2) is 25.6 Å². The zero-order valence-electron chi connectivity index (χ0n) is 9.24. The Morgan fingerprint density at radius 3 is 3.00 bits per heavy atom. The Balaban J connectivity index is 2.29. The van der Waals surface area contributed by atoms with Crippen LogP contribution >= 0.6 is 27.3 Å². The molecule has 2 aromatic heterocycles. The van der Waals surface area contributed by atoms with Gasteiger partial charge in [0.05, 0.1) is 11.4 Å². The fourth-order valence-electron chi connectivity index (χ4n) is 1.38. The van der Waals surface area contributed by atoms with Gasteiger partial charge in [0.15, 0.2) is 0 Å². The third kappa shape index (κ3) is 2.77. The number of hydrogen-bond donors (Lipinski definition) is 2. The minimum atomic E-state index is -0.692. The Morgan fingerprint density at radius 2 is 2.42 bits per heavy atom. The summed E-state index contributed by atoms with van der Waals surface area (Å²) in [6.45, 7) is 0.174. The molecular formula is C8H7BrN6O3S. The summed E-state index contributed by atoms with van der Waals surface area (Å²) in [4.78, 5) is 25.4. The van der Waals surface area contributed by atoms with Crippen LogP contribution in [0.2, 0.25) is 0 Å². The quantitative estimate of drug-likeness (QED) is 0.362. The number of aromatic nitrogens is 3. The summed E-state index contributed by atoms with van der Waals surface area (Å²) >= 11 is 4.29. The van der Waals surface area contributed by atoms with Crippen LogP contribution in [-0.2, 0) is 6.54 Å². The topological polar surface area (TPSA) is 129 Å². The lowest BCUT2D eigenvalue weighted by molar-refractivity contribution is -0.394. The molecule has 1 amide bonds. The van der Waals surface area contributed by atoms with E-state index in [2.05, 4.69) is 26.0 Å². The molecule has 11 heteroatoms. The second kappa shape index (κ2) is 5.42. The van der Waals surface area contributed by atoms with E-state index < -0.39 is 16.8 Å². The first-order chi connectivity index (χ1) is 9.02. The third-order valence-electron chi connectivity index (χ3n) is 2.18. The number of hydrogen-bond acceptors (Lipinski definition) is 7. The Labute approximate surface area is 118 Å². The molecular weight excluding hydrogens is 340 g/mol. The van der Waals surface area contributed by atoms with Gasteiger partial charge in [-0.25, -0.2) is 5.84 Å². The van der Waals surface area contributed by atoms with E-state index in [0.29, 0.717) is 10.4 Å². The fraction of sp³-hybridized carbons (Fsp3) is 0.125. The molecule has 0 radical (unpaired) electrons. The molecule has 0 spiro atoms. The molecule has 0 aliphatic rings. The first-order valence-corrected chi connectivity index (χ1v) is 6.52. The van der Waals surface area contributed by atoms with Crippen molar-refractivity contribution < 1.29 is 9.72 Å². The fourth-order valence-corrected chi connectivity index (χ4v) is 2.56. The zero-order chi connectivity index (χ0) is 14.0. The lowest BCUT2D eigenvalue weighted by atomic mass is 10.2. The summed E-state index contributed by atoms with van der Waals surface area (Å²) in [5, 5.41) is 16.0. The molecule has 9 nitrogen and oxygen atoms in total. The molecule has 2 heterocycles. The smallest absolute Gasteiger partial charge is 0.390 e. The molecule has 0 aliphatic heterocycles. The van der Waals surface area contributed by atoms with Crippen LogP contribution < -0.4 is 11.3 Å². The number of nitrogens with one attached hydrogen (secondary N) is 1. The number of nitrogen functional groups attached to an aromatic ring is 1. The Kier molecular flexibility index (Phi) is 3.87. The van der Waals surface area contributed by atoms with Gasteiger partial charge in [-0.15, -0.1) is 11.3 Å². The molecule has 2 aromatic rings. The number of thiophene rings is 1. The van der Waals surface area contributed by atoms with Crippen molar-refractivity contribution in [2.45, 2.75) is 6.54 Å². The van der Waals surface area contributed by atoms with E-state index in [9.17, 15) is 14.9 Å². The van der Waals surface area contributed by atoms with E-state index in [0.717, 1.165) is 0 Å². The van der Waals surface area contributed by atoms with Crippen molar-refractivity contribution >= 4 is 39.1 Å². The van der Waals surface area contributed by atoms with Crippen LogP contribution in [0.4, 0.5) is 5.95 Å². The van der Waals surface area contributed by atoms with E-state index >= 15 is 0 Å². The molecule has 0 aromatic carbocycles. The van der Waals surface area contributed by atoms with E-state index in [-0.39, 0.29) is 11.3 Å². The molecule has 3 N–H and O–H groups in total. The van der Waals surface area contributed by atoms with Gasteiger partial charge in [0.25, 0.3) is 10.6 Å². The van der Waals surface area contributed by atoms with Gasteiger partial charge in [0.1, 0.15) is 0 Å². The van der Waals surface area contributed by atoms with Gasteiger partial charge < -0.3 is 10.1 Å². The summed E-state index contributed by atoms with van der Waals surface area (Å²) in [5.74, 6) is 4.14. The van der Waals surface area contributed by atoms with E-state index in [4.69, 9.17) is 5.84 Å². The number of nitrogens with two attached hydrogens (primary N) is 1. The number of nitrogens with zero attached hydrogens (tertiary/aromatic N) is 4. The van der Waals surface area contributed by atoms with E-state index in [1.165, 1.54) is 16.0 Å². The maximum Gasteiger partial charge on any atom is 0.492 e. The second-order valence-electron chi connectivity index (χ2n) is 3.34. The van der Waals surface area contributed by atoms with Crippen LogP contribution in [0.1, 0.15) is 15.2 Å². The lowest BCUT2D eigenvalue weighted by Gasteiger charge is -2.00. The van der Waals surface area contributed by atoms with Crippen LogP contribution in [0.15, 0.2) is 16.2 Å². The van der Waals surface area contributed by atoms with Gasteiger partial charge >= 0.3 is 5.95 Å². The van der Waals surface area contributed by atoms with E-state index in [1.807, 2.05) is 5.43 Å². The zero-order valence-corrected chi connectivity index (χ0v) is 11.6. The molecule has 2 rings (SSSR count). The van der Waals surface area contributed by atoms with Crippen molar-refractivity contribution in [2.75, 3.05) is 0 Å². The largest absolute Gasteiger partial charge is 0.492 e. The SMILES string of the molecule is NNC(=O)c1sccc1Cn1nc([N+](=O)[O-])nc1Br. The molecule has 0 fully saturated rings. The number of carbonyl (C=O) groups excluding carboxylic acids is 1. The average Bonchev–Trinajstić information content (AvgIpc) is 2.97. The Morgan fingerprint density at radius 1 is 1.68 bits per heavy atom.